The van der Waals surface area contributed by atoms with Gasteiger partial charge in [-0.2, -0.15) is 5.26 Å². The van der Waals surface area contributed by atoms with Crippen molar-refractivity contribution < 1.29 is 0 Å². The van der Waals surface area contributed by atoms with Gasteiger partial charge in [0.05, 0.1) is 39.0 Å². The number of nitrogens with zero attached hydrogens (tertiary/aromatic N) is 5. The van der Waals surface area contributed by atoms with Gasteiger partial charge in [-0.1, -0.05) is 115 Å². The average Bonchev–Trinajstić information content (AvgIpc) is 3.63. The Bertz CT molecular complexity index is 3050. The fourth-order valence-electron chi connectivity index (χ4n) is 8.13. The van der Waals surface area contributed by atoms with E-state index in [1.54, 1.807) is 0 Å². The first-order valence-electron chi connectivity index (χ1n) is 16.1. The summed E-state index contributed by atoms with van der Waals surface area (Å²) in [6.07, 6.45) is 0. The van der Waals surface area contributed by atoms with E-state index in [1.807, 2.05) is 60.7 Å². The number of para-hydroxylation sites is 1. The molecule has 0 spiro atoms. The molecule has 0 saturated carbocycles. The predicted molar refractivity (Wildman–Crippen MR) is 195 cm³/mol. The topological polar surface area (TPSA) is 58.9 Å². The summed E-state index contributed by atoms with van der Waals surface area (Å²) in [5.74, 6) is 0.538. The molecule has 0 amide bonds. The minimum Gasteiger partial charge on any atom is -0.308 e. The average molecular weight is 610 g/mol. The third-order valence-corrected chi connectivity index (χ3v) is 10.1. The molecule has 4 heterocycles. The number of aromatic nitrogens is 4. The highest BCUT2D eigenvalue weighted by Crippen LogP contribution is 2.47. The SMILES string of the molecule is N#Cc1c(-c2ccccc2)nc(-n2c3ccc4cccc5c4c3c3c4c(ccc6c7ccccc7n5c64)ccc32)nc1-c1ccccc1. The highest BCUT2D eigenvalue weighted by molar-refractivity contribution is 6.37. The summed E-state index contributed by atoms with van der Waals surface area (Å²) in [4.78, 5) is 10.5. The van der Waals surface area contributed by atoms with Crippen LogP contribution in [0.1, 0.15) is 5.56 Å². The van der Waals surface area contributed by atoms with Crippen molar-refractivity contribution in [2.45, 2.75) is 0 Å². The molecule has 48 heavy (non-hydrogen) atoms. The standard InChI is InChI=1S/C43H23N5/c44-24-31-40(27-10-3-1-4-11-27)45-43(46-41(31)28-12-5-2-6-13-28)48-34-22-19-25-14-9-17-33-36(25)38(34)39-35(48)23-20-26-18-21-30-29-15-7-8-16-32(29)47(33)42(30)37(26)39/h1-23H. The van der Waals surface area contributed by atoms with Crippen LogP contribution >= 0.6 is 0 Å². The van der Waals surface area contributed by atoms with E-state index in [0.29, 0.717) is 22.9 Å². The molecule has 0 bridgehead atoms. The number of hydrogen-bond donors (Lipinski definition) is 0. The van der Waals surface area contributed by atoms with E-state index in [4.69, 9.17) is 9.97 Å². The van der Waals surface area contributed by atoms with Crippen molar-refractivity contribution in [3.8, 4) is 34.5 Å². The van der Waals surface area contributed by atoms with Crippen molar-refractivity contribution >= 4 is 70.7 Å². The fourth-order valence-corrected chi connectivity index (χ4v) is 8.13. The van der Waals surface area contributed by atoms with Crippen molar-refractivity contribution in [1.29, 1.82) is 5.26 Å². The Kier molecular flexibility index (Phi) is 4.85. The van der Waals surface area contributed by atoms with Crippen molar-refractivity contribution in [1.82, 2.24) is 18.9 Å². The minimum atomic E-state index is 0.461. The second-order valence-electron chi connectivity index (χ2n) is 12.5. The van der Waals surface area contributed by atoms with Gasteiger partial charge in [-0.15, -0.1) is 0 Å². The summed E-state index contributed by atoms with van der Waals surface area (Å²) < 4.78 is 4.68. The molecule has 0 saturated heterocycles. The maximum absolute atomic E-state index is 10.6. The largest absolute Gasteiger partial charge is 0.308 e. The maximum Gasteiger partial charge on any atom is 0.235 e. The first kappa shape index (κ1) is 25.4. The zero-order valence-corrected chi connectivity index (χ0v) is 25.5. The van der Waals surface area contributed by atoms with Crippen molar-refractivity contribution in [2.75, 3.05) is 0 Å². The summed E-state index contributed by atoms with van der Waals surface area (Å²) in [6.45, 7) is 0. The molecule has 4 aromatic heterocycles. The van der Waals surface area contributed by atoms with Crippen LogP contribution in [-0.4, -0.2) is 18.9 Å². The van der Waals surface area contributed by atoms with Gasteiger partial charge in [0, 0.05) is 43.4 Å². The Labute approximate surface area is 273 Å². The van der Waals surface area contributed by atoms with Crippen LogP contribution in [0.4, 0.5) is 0 Å². The van der Waals surface area contributed by atoms with E-state index in [9.17, 15) is 5.26 Å². The molecule has 0 radical (unpaired) electrons. The summed E-state index contributed by atoms with van der Waals surface area (Å²) in [6, 6.07) is 51.1. The minimum absolute atomic E-state index is 0.461. The molecule has 0 unspecified atom stereocenters. The van der Waals surface area contributed by atoms with Crippen molar-refractivity contribution in [2.24, 2.45) is 0 Å². The van der Waals surface area contributed by atoms with Crippen LogP contribution in [0, 0.1) is 11.3 Å². The van der Waals surface area contributed by atoms with Crippen molar-refractivity contribution in [3.63, 3.8) is 0 Å². The third-order valence-electron chi connectivity index (χ3n) is 10.1. The maximum atomic E-state index is 10.6. The number of hydrogen-bond acceptors (Lipinski definition) is 3. The van der Waals surface area contributed by atoms with Crippen LogP contribution < -0.4 is 0 Å². The van der Waals surface area contributed by atoms with Crippen LogP contribution in [0.2, 0.25) is 0 Å². The van der Waals surface area contributed by atoms with E-state index < -0.39 is 0 Å². The predicted octanol–water partition coefficient (Wildman–Crippen LogP) is 10.5. The lowest BCUT2D eigenvalue weighted by Crippen LogP contribution is -2.07. The summed E-state index contributed by atoms with van der Waals surface area (Å²) >= 11 is 0. The van der Waals surface area contributed by atoms with Gasteiger partial charge in [0.1, 0.15) is 11.6 Å². The monoisotopic (exact) mass is 609 g/mol. The van der Waals surface area contributed by atoms with Gasteiger partial charge >= 0.3 is 0 Å². The molecule has 0 fully saturated rings. The van der Waals surface area contributed by atoms with Gasteiger partial charge in [0.25, 0.3) is 0 Å². The number of fused-ring (bicyclic) bond motifs is 4. The number of rotatable bonds is 3. The van der Waals surface area contributed by atoms with Crippen LogP contribution in [0.3, 0.4) is 0 Å². The lowest BCUT2D eigenvalue weighted by atomic mass is 9.98. The van der Waals surface area contributed by atoms with Crippen LogP contribution in [0.5, 0.6) is 0 Å². The molecule has 0 N–H and O–H groups in total. The Morgan fingerprint density at radius 1 is 0.458 bits per heavy atom. The van der Waals surface area contributed by atoms with Gasteiger partial charge < -0.3 is 4.40 Å². The van der Waals surface area contributed by atoms with Crippen LogP contribution in [0.25, 0.3) is 99.1 Å². The van der Waals surface area contributed by atoms with Gasteiger partial charge in [-0.05, 0) is 35.0 Å². The first-order chi connectivity index (χ1) is 23.8. The Morgan fingerprint density at radius 2 is 1.04 bits per heavy atom. The molecule has 5 nitrogen and oxygen atoms in total. The Hall–Kier alpha value is -6.77. The van der Waals surface area contributed by atoms with Crippen LogP contribution in [-0.2, 0) is 0 Å². The third kappa shape index (κ3) is 3.14. The Morgan fingerprint density at radius 3 is 1.73 bits per heavy atom. The number of benzene rings is 7. The summed E-state index contributed by atoms with van der Waals surface area (Å²) in [7, 11) is 0. The van der Waals surface area contributed by atoms with Crippen molar-refractivity contribution in [3.05, 3.63) is 145 Å². The fraction of sp³-hybridized carbons (Fsp3) is 0. The normalized spacial score (nSPS) is 12.1. The van der Waals surface area contributed by atoms with Gasteiger partial charge in [0.2, 0.25) is 5.95 Å². The molecule has 11 aromatic rings. The molecule has 0 aliphatic rings. The molecule has 0 atom stereocenters. The van der Waals surface area contributed by atoms with E-state index in [1.165, 1.54) is 59.6 Å². The molecular formula is C43H23N5. The second-order valence-corrected chi connectivity index (χ2v) is 12.5. The first-order valence-corrected chi connectivity index (χ1v) is 16.1. The van der Waals surface area contributed by atoms with Crippen LogP contribution in [0.15, 0.2) is 140 Å². The van der Waals surface area contributed by atoms with Gasteiger partial charge in [-0.3, -0.25) is 4.57 Å². The van der Waals surface area contributed by atoms with E-state index in [-0.39, 0.29) is 0 Å². The molecule has 220 valence electrons. The summed E-state index contributed by atoms with van der Waals surface area (Å²) in [5, 5.41) is 20.2. The Balaban J connectivity index is 1.39. The zero-order chi connectivity index (χ0) is 31.5. The number of nitriles is 1. The molecular weight excluding hydrogens is 587 g/mol. The summed E-state index contributed by atoms with van der Waals surface area (Å²) in [5.41, 5.74) is 9.11. The zero-order valence-electron chi connectivity index (χ0n) is 25.5. The molecule has 7 aromatic carbocycles. The molecule has 0 aliphatic carbocycles. The van der Waals surface area contributed by atoms with E-state index in [0.717, 1.165) is 22.2 Å². The smallest absolute Gasteiger partial charge is 0.235 e. The molecule has 0 aliphatic heterocycles. The highest BCUT2D eigenvalue weighted by Gasteiger charge is 2.26. The van der Waals surface area contributed by atoms with E-state index in [2.05, 4.69) is 93.9 Å². The lowest BCUT2D eigenvalue weighted by molar-refractivity contribution is 0.992. The second kappa shape index (κ2) is 9.16. The van der Waals surface area contributed by atoms with Gasteiger partial charge in [-0.25, -0.2) is 9.97 Å². The molecule has 11 rings (SSSR count). The van der Waals surface area contributed by atoms with E-state index >= 15 is 0 Å². The quantitative estimate of drug-likeness (QED) is 0.200. The molecule has 5 heteroatoms. The lowest BCUT2D eigenvalue weighted by Gasteiger charge is -2.14. The van der Waals surface area contributed by atoms with Gasteiger partial charge in [0.15, 0.2) is 0 Å². The highest BCUT2D eigenvalue weighted by atomic mass is 15.2.